The van der Waals surface area contributed by atoms with E-state index in [1.807, 2.05) is 0 Å². The Kier molecular flexibility index (Phi) is 1.28. The molecule has 1 rings (SSSR count). The molecule has 1 aliphatic rings. The van der Waals surface area contributed by atoms with E-state index in [9.17, 15) is 4.79 Å². The number of nitrogens with two attached hydrogens (primary N) is 1. The smallest absolute Gasteiger partial charge is 0.251 e. The Morgan fingerprint density at radius 3 is 2.30 bits per heavy atom. The molecule has 0 saturated carbocycles. The molecule has 4 N–H and O–H groups in total. The van der Waals surface area contributed by atoms with Gasteiger partial charge in [0.05, 0.1) is 0 Å². The number of hydrazine groups is 1. The molecule has 0 aliphatic carbocycles. The van der Waals surface area contributed by atoms with Gasteiger partial charge in [-0.1, -0.05) is 0 Å². The fraction of sp³-hybridized carbons (Fsp3) is 0.600. The first-order valence-electron chi connectivity index (χ1n) is 2.94. The summed E-state index contributed by atoms with van der Waals surface area (Å²) in [5.74, 6) is 5.36. The van der Waals surface area contributed by atoms with Gasteiger partial charge in [0.1, 0.15) is 5.41 Å². The molecule has 0 unspecified atom stereocenters. The summed E-state index contributed by atoms with van der Waals surface area (Å²) in [5, 5.41) is 3.41. The van der Waals surface area contributed by atoms with Gasteiger partial charge in [0.15, 0.2) is 5.84 Å². The van der Waals surface area contributed by atoms with E-state index in [-0.39, 0.29) is 5.91 Å². The molecule has 0 radical (unpaired) electrons. The summed E-state index contributed by atoms with van der Waals surface area (Å²) in [6.07, 6.45) is 0. The Morgan fingerprint density at radius 2 is 2.10 bits per heavy atom. The zero-order valence-electron chi connectivity index (χ0n) is 5.93. The lowest BCUT2D eigenvalue weighted by Crippen LogP contribution is -2.30. The zero-order valence-corrected chi connectivity index (χ0v) is 5.93. The fourth-order valence-corrected chi connectivity index (χ4v) is 0.730. The molecule has 1 fully saturated rings. The lowest BCUT2D eigenvalue weighted by atomic mass is 9.93. The Labute approximate surface area is 58.6 Å². The number of carbonyl (C=O) groups excluding carboxylic acids is 1. The second-order valence-corrected chi connectivity index (χ2v) is 2.68. The highest BCUT2D eigenvalue weighted by Gasteiger charge is 2.39. The highest BCUT2D eigenvalue weighted by Crippen LogP contribution is 2.18. The van der Waals surface area contributed by atoms with Gasteiger partial charge in [0.2, 0.25) is 0 Å². The molecule has 0 atom stereocenters. The van der Waals surface area contributed by atoms with Crippen LogP contribution in [0.4, 0.5) is 0 Å². The van der Waals surface area contributed by atoms with Gasteiger partial charge >= 0.3 is 0 Å². The van der Waals surface area contributed by atoms with Crippen LogP contribution in [-0.4, -0.2) is 11.7 Å². The maximum atomic E-state index is 11.0. The van der Waals surface area contributed by atoms with E-state index in [4.69, 9.17) is 5.84 Å². The first-order chi connectivity index (χ1) is 4.59. The van der Waals surface area contributed by atoms with Crippen LogP contribution in [0.3, 0.4) is 0 Å². The second kappa shape index (κ2) is 1.86. The lowest BCUT2D eigenvalue weighted by molar-refractivity contribution is -0.124. The highest BCUT2D eigenvalue weighted by molar-refractivity contribution is 6.11. The van der Waals surface area contributed by atoms with Gasteiger partial charge in [-0.15, -0.1) is 0 Å². The monoisotopic (exact) mass is 142 g/mol. The van der Waals surface area contributed by atoms with Crippen LogP contribution in [0.1, 0.15) is 13.8 Å². The predicted molar refractivity (Wildman–Crippen MR) is 36.7 cm³/mol. The molecule has 0 spiro atoms. The van der Waals surface area contributed by atoms with Crippen LogP contribution in [0.2, 0.25) is 0 Å². The molecule has 0 aromatic heterocycles. The number of hydrogen-bond acceptors (Lipinski definition) is 3. The molecule has 10 heavy (non-hydrogen) atoms. The van der Waals surface area contributed by atoms with Gasteiger partial charge < -0.3 is 5.84 Å². The minimum atomic E-state index is -0.616. The standard InChI is InChI=1S/C5H10N4O/c1-5(2)3(7-6)8-9-4(5)10/h6H2,1-2H3,(H,7,8)(H,9,10). The van der Waals surface area contributed by atoms with Gasteiger partial charge in [0, 0.05) is 0 Å². The fourth-order valence-electron chi connectivity index (χ4n) is 0.730. The van der Waals surface area contributed by atoms with Crippen molar-refractivity contribution in [1.29, 1.82) is 0 Å². The molecule has 0 bridgehead atoms. The SMILES string of the molecule is CC1(C)C(=O)NN/C1=N/N. The van der Waals surface area contributed by atoms with E-state index in [1.165, 1.54) is 0 Å². The van der Waals surface area contributed by atoms with Crippen LogP contribution in [0.5, 0.6) is 0 Å². The van der Waals surface area contributed by atoms with E-state index in [0.717, 1.165) is 0 Å². The number of carbonyl (C=O) groups is 1. The van der Waals surface area contributed by atoms with Gasteiger partial charge in [-0.3, -0.25) is 15.6 Å². The van der Waals surface area contributed by atoms with Gasteiger partial charge in [-0.25, -0.2) is 0 Å². The topological polar surface area (TPSA) is 79.5 Å². The minimum absolute atomic E-state index is 0.114. The Morgan fingerprint density at radius 1 is 1.50 bits per heavy atom. The van der Waals surface area contributed by atoms with E-state index < -0.39 is 5.41 Å². The first kappa shape index (κ1) is 6.85. The van der Waals surface area contributed by atoms with Gasteiger partial charge in [-0.2, -0.15) is 5.10 Å². The number of amidine groups is 1. The summed E-state index contributed by atoms with van der Waals surface area (Å²) in [6, 6.07) is 0. The van der Waals surface area contributed by atoms with Crippen molar-refractivity contribution in [2.24, 2.45) is 16.4 Å². The molecule has 1 saturated heterocycles. The van der Waals surface area contributed by atoms with E-state index >= 15 is 0 Å². The average molecular weight is 142 g/mol. The minimum Gasteiger partial charge on any atom is -0.321 e. The van der Waals surface area contributed by atoms with E-state index in [0.29, 0.717) is 5.84 Å². The third kappa shape index (κ3) is 0.706. The number of hydrogen-bond donors (Lipinski definition) is 3. The van der Waals surface area contributed by atoms with Crippen molar-refractivity contribution in [3.8, 4) is 0 Å². The molecule has 56 valence electrons. The molecule has 5 nitrogen and oxygen atoms in total. The zero-order chi connectivity index (χ0) is 7.78. The van der Waals surface area contributed by atoms with Crippen LogP contribution < -0.4 is 16.7 Å². The number of hydrazone groups is 1. The number of nitrogens with one attached hydrogen (secondary N) is 2. The van der Waals surface area contributed by atoms with Crippen molar-refractivity contribution < 1.29 is 4.79 Å². The summed E-state index contributed by atoms with van der Waals surface area (Å²) in [5.41, 5.74) is 4.37. The number of amides is 1. The summed E-state index contributed by atoms with van der Waals surface area (Å²) < 4.78 is 0. The Hall–Kier alpha value is -1.26. The Balaban J connectivity index is 2.95. The molecule has 5 heteroatoms. The second-order valence-electron chi connectivity index (χ2n) is 2.68. The normalized spacial score (nSPS) is 26.2. The molecule has 1 amide bonds. The van der Waals surface area contributed by atoms with Crippen LogP contribution in [0.15, 0.2) is 5.10 Å². The predicted octanol–water partition coefficient (Wildman–Crippen LogP) is -1.08. The molecular weight excluding hydrogens is 132 g/mol. The van der Waals surface area contributed by atoms with E-state index in [2.05, 4.69) is 16.0 Å². The quantitative estimate of drug-likeness (QED) is 0.297. The third-order valence-corrected chi connectivity index (χ3v) is 1.58. The number of nitrogens with zero attached hydrogens (tertiary/aromatic N) is 1. The largest absolute Gasteiger partial charge is 0.321 e. The van der Waals surface area contributed by atoms with Crippen molar-refractivity contribution in [3.63, 3.8) is 0 Å². The van der Waals surface area contributed by atoms with Crippen molar-refractivity contribution in [3.05, 3.63) is 0 Å². The van der Waals surface area contributed by atoms with Gasteiger partial charge in [0.25, 0.3) is 5.91 Å². The summed E-state index contributed by atoms with van der Waals surface area (Å²) in [6.45, 7) is 3.49. The van der Waals surface area contributed by atoms with Crippen molar-refractivity contribution in [2.75, 3.05) is 0 Å². The van der Waals surface area contributed by atoms with Crippen LogP contribution >= 0.6 is 0 Å². The molecule has 1 heterocycles. The van der Waals surface area contributed by atoms with Crippen LogP contribution in [0, 0.1) is 5.41 Å². The summed E-state index contributed by atoms with van der Waals surface area (Å²) in [7, 11) is 0. The lowest BCUT2D eigenvalue weighted by Gasteiger charge is -2.10. The van der Waals surface area contributed by atoms with Crippen LogP contribution in [-0.2, 0) is 4.79 Å². The van der Waals surface area contributed by atoms with E-state index in [1.54, 1.807) is 13.8 Å². The van der Waals surface area contributed by atoms with Gasteiger partial charge in [-0.05, 0) is 13.8 Å². The highest BCUT2D eigenvalue weighted by atomic mass is 16.2. The molecule has 1 aliphatic heterocycles. The third-order valence-electron chi connectivity index (χ3n) is 1.58. The Bertz CT molecular complexity index is 196. The molecule has 0 aromatic carbocycles. The maximum Gasteiger partial charge on any atom is 0.251 e. The average Bonchev–Trinajstić information content (AvgIpc) is 2.10. The first-order valence-corrected chi connectivity index (χ1v) is 2.94. The summed E-state index contributed by atoms with van der Waals surface area (Å²) >= 11 is 0. The molecule has 0 aromatic rings. The molecular formula is C5H10N4O. The van der Waals surface area contributed by atoms with Crippen LogP contribution in [0.25, 0.3) is 0 Å². The maximum absolute atomic E-state index is 11.0. The van der Waals surface area contributed by atoms with Crippen molar-refractivity contribution in [2.45, 2.75) is 13.8 Å². The number of rotatable bonds is 0. The summed E-state index contributed by atoms with van der Waals surface area (Å²) in [4.78, 5) is 11.0. The van der Waals surface area contributed by atoms with Crippen molar-refractivity contribution in [1.82, 2.24) is 10.9 Å². The van der Waals surface area contributed by atoms with Crippen molar-refractivity contribution >= 4 is 11.7 Å².